The molecule has 0 bridgehead atoms. The smallest absolute Gasteiger partial charge is 0.319 e. The van der Waals surface area contributed by atoms with E-state index in [-0.39, 0.29) is 37.9 Å². The molecule has 0 aliphatic carbocycles. The highest BCUT2D eigenvalue weighted by molar-refractivity contribution is 6.18. The molecule has 0 rings (SSSR count). The van der Waals surface area contributed by atoms with Gasteiger partial charge in [-0.05, 0) is 0 Å². The van der Waals surface area contributed by atoms with Crippen molar-refractivity contribution in [2.24, 2.45) is 0 Å². The Morgan fingerprint density at radius 3 is 1.45 bits per heavy atom. The Morgan fingerprint density at radius 2 is 1.14 bits per heavy atom. The van der Waals surface area contributed by atoms with Gasteiger partial charge in [0.05, 0.1) is 27.3 Å². The Balaban J connectivity index is -0.00000180. The van der Waals surface area contributed by atoms with E-state index in [2.05, 4.69) is 14.4 Å². The lowest BCUT2D eigenvalue weighted by Crippen LogP contribution is -2.42. The summed E-state index contributed by atoms with van der Waals surface area (Å²) < 4.78 is 9.22. The fraction of sp³-hybridized carbons (Fsp3) is 0.833. The molecule has 0 radical (unpaired) electrons. The largest absolute Gasteiger partial charge is 0.468 e. The molecule has 6 nitrogen and oxygen atoms in total. The van der Waals surface area contributed by atoms with E-state index in [1.54, 1.807) is 4.90 Å². The Bertz CT molecular complexity index is 274. The zero-order chi connectivity index (χ0) is 15.4. The minimum atomic E-state index is -0.393. The molecular weight excluding hydrogens is 378 g/mol. The molecule has 0 fully saturated rings. The second kappa shape index (κ2) is 17.4. The van der Waals surface area contributed by atoms with Crippen molar-refractivity contribution in [1.82, 2.24) is 9.80 Å². The van der Waals surface area contributed by atoms with Gasteiger partial charge in [-0.25, -0.2) is 0 Å². The summed E-state index contributed by atoms with van der Waals surface area (Å²) in [7, 11) is 2.62. The average molecular weight is 402 g/mol. The van der Waals surface area contributed by atoms with Crippen molar-refractivity contribution in [3.05, 3.63) is 0 Å². The van der Waals surface area contributed by atoms with E-state index in [0.717, 1.165) is 0 Å². The molecule has 0 N–H and O–H groups in total. The van der Waals surface area contributed by atoms with Crippen molar-refractivity contribution >= 4 is 60.0 Å². The van der Waals surface area contributed by atoms with Crippen LogP contribution in [0.4, 0.5) is 0 Å². The molecule has 0 spiro atoms. The zero-order valence-electron chi connectivity index (χ0n) is 12.8. The van der Waals surface area contributed by atoms with Gasteiger partial charge in [0.15, 0.2) is 0 Å². The van der Waals surface area contributed by atoms with Gasteiger partial charge < -0.3 is 9.47 Å². The van der Waals surface area contributed by atoms with Crippen LogP contribution in [0.3, 0.4) is 0 Å². The summed E-state index contributed by atoms with van der Waals surface area (Å²) >= 11 is 11.4. The topological polar surface area (TPSA) is 59.1 Å². The first-order chi connectivity index (χ1) is 9.57. The lowest BCUT2D eigenvalue weighted by molar-refractivity contribution is -0.145. The quantitative estimate of drug-likeness (QED) is 0.383. The van der Waals surface area contributed by atoms with Gasteiger partial charge in [0.2, 0.25) is 0 Å². The molecule has 0 aromatic carbocycles. The van der Waals surface area contributed by atoms with Crippen molar-refractivity contribution < 1.29 is 19.1 Å². The van der Waals surface area contributed by atoms with E-state index in [4.69, 9.17) is 23.2 Å². The number of carbonyl (C=O) groups is 2. The third-order valence-corrected chi connectivity index (χ3v) is 3.03. The van der Waals surface area contributed by atoms with Gasteiger partial charge in [-0.15, -0.1) is 48.0 Å². The first kappa shape index (κ1) is 26.9. The molecule has 22 heavy (non-hydrogen) atoms. The Morgan fingerprint density at radius 1 is 0.773 bits per heavy atom. The van der Waals surface area contributed by atoms with Crippen LogP contribution >= 0.6 is 48.0 Å². The Hall–Kier alpha value is 0.0200. The minimum Gasteiger partial charge on any atom is -0.468 e. The van der Waals surface area contributed by atoms with E-state index in [1.165, 1.54) is 14.2 Å². The van der Waals surface area contributed by atoms with E-state index in [9.17, 15) is 9.59 Å². The molecule has 0 amide bonds. The summed E-state index contributed by atoms with van der Waals surface area (Å²) in [6.45, 7) is 2.69. The maximum absolute atomic E-state index is 11.3. The molecule has 0 saturated heterocycles. The number of alkyl halides is 2. The van der Waals surface area contributed by atoms with Gasteiger partial charge in [0, 0.05) is 37.9 Å². The van der Waals surface area contributed by atoms with E-state index < -0.39 is 11.9 Å². The van der Waals surface area contributed by atoms with Crippen molar-refractivity contribution in [3.8, 4) is 0 Å². The van der Waals surface area contributed by atoms with Gasteiger partial charge in [-0.3, -0.25) is 19.4 Å². The first-order valence-corrected chi connectivity index (χ1v) is 7.34. The highest BCUT2D eigenvalue weighted by Crippen LogP contribution is 1.97. The number of carbonyl (C=O) groups excluding carboxylic acids is 2. The van der Waals surface area contributed by atoms with Crippen LogP contribution in [0.25, 0.3) is 0 Å². The van der Waals surface area contributed by atoms with Crippen molar-refractivity contribution in [2.75, 3.05) is 65.2 Å². The third kappa shape index (κ3) is 13.7. The minimum absolute atomic E-state index is 0. The van der Waals surface area contributed by atoms with Gasteiger partial charge >= 0.3 is 11.9 Å². The lowest BCUT2D eigenvalue weighted by atomic mass is 10.4. The Labute approximate surface area is 154 Å². The van der Waals surface area contributed by atoms with Crippen LogP contribution in [-0.2, 0) is 19.1 Å². The second-order valence-corrected chi connectivity index (χ2v) is 4.84. The van der Waals surface area contributed by atoms with Crippen molar-refractivity contribution in [3.63, 3.8) is 0 Å². The second-order valence-electron chi connectivity index (χ2n) is 4.08. The van der Waals surface area contributed by atoms with Crippen LogP contribution in [0.5, 0.6) is 0 Å². The summed E-state index contributed by atoms with van der Waals surface area (Å²) in [5.41, 5.74) is 0. The summed E-state index contributed by atoms with van der Waals surface area (Å²) in [4.78, 5) is 26.4. The molecule has 0 atom stereocenters. The van der Waals surface area contributed by atoms with Crippen LogP contribution < -0.4 is 0 Å². The lowest BCUT2D eigenvalue weighted by Gasteiger charge is -2.25. The summed E-state index contributed by atoms with van der Waals surface area (Å²) in [5.74, 6) is 0.223. The van der Waals surface area contributed by atoms with Crippen LogP contribution in [0.15, 0.2) is 0 Å². The maximum Gasteiger partial charge on any atom is 0.319 e. The molecule has 0 aromatic rings. The van der Waals surface area contributed by atoms with Crippen LogP contribution in [0.1, 0.15) is 0 Å². The number of nitrogens with zero attached hydrogens (tertiary/aromatic N) is 2. The molecule has 0 aromatic heterocycles. The number of esters is 2. The molecule has 134 valence electrons. The number of halogens is 4. The Kier molecular flexibility index (Phi) is 21.2. The SMILES string of the molecule is COC(=O)CN(CCN(CCCl)CCCl)CC(=O)OC.Cl.Cl. The van der Waals surface area contributed by atoms with Crippen molar-refractivity contribution in [1.29, 1.82) is 0 Å². The highest BCUT2D eigenvalue weighted by Gasteiger charge is 2.16. The number of methoxy groups -OCH3 is 2. The molecule has 0 saturated carbocycles. The molecule has 10 heteroatoms. The fourth-order valence-electron chi connectivity index (χ4n) is 1.57. The van der Waals surface area contributed by atoms with Crippen LogP contribution in [-0.4, -0.2) is 87.0 Å². The summed E-state index contributed by atoms with van der Waals surface area (Å²) in [6, 6.07) is 0. The molecule has 0 unspecified atom stereocenters. The molecule has 0 aliphatic rings. The third-order valence-electron chi connectivity index (χ3n) is 2.69. The average Bonchev–Trinajstić information content (AvgIpc) is 2.44. The maximum atomic E-state index is 11.3. The number of ether oxygens (including phenoxy) is 2. The normalized spacial score (nSPS) is 9.91. The van der Waals surface area contributed by atoms with Gasteiger partial charge in [0.25, 0.3) is 0 Å². The molecular formula is C12H24Cl4N2O4. The standard InChI is InChI=1S/C12H22Cl2N2O4.2ClH/c1-19-11(17)9-16(10-12(18)20-2)8-7-15(5-3-13)6-4-14;;/h3-10H2,1-2H3;2*1H. The van der Waals surface area contributed by atoms with Crippen LogP contribution in [0.2, 0.25) is 0 Å². The van der Waals surface area contributed by atoms with Crippen molar-refractivity contribution in [2.45, 2.75) is 0 Å². The monoisotopic (exact) mass is 400 g/mol. The van der Waals surface area contributed by atoms with E-state index in [1.807, 2.05) is 0 Å². The predicted octanol–water partition coefficient (Wildman–Crippen LogP) is 1.26. The van der Waals surface area contributed by atoms with E-state index in [0.29, 0.717) is 37.9 Å². The highest BCUT2D eigenvalue weighted by atomic mass is 35.5. The fourth-order valence-corrected chi connectivity index (χ4v) is 2.04. The van der Waals surface area contributed by atoms with Crippen LogP contribution in [0, 0.1) is 0 Å². The van der Waals surface area contributed by atoms with E-state index >= 15 is 0 Å². The van der Waals surface area contributed by atoms with Gasteiger partial charge in [0.1, 0.15) is 0 Å². The molecule has 0 aliphatic heterocycles. The number of hydrogen-bond donors (Lipinski definition) is 0. The molecule has 0 heterocycles. The number of rotatable bonds is 11. The number of hydrogen-bond acceptors (Lipinski definition) is 6. The first-order valence-electron chi connectivity index (χ1n) is 6.27. The summed E-state index contributed by atoms with van der Waals surface area (Å²) in [5, 5.41) is 0. The predicted molar refractivity (Wildman–Crippen MR) is 92.8 cm³/mol. The zero-order valence-corrected chi connectivity index (χ0v) is 15.9. The van der Waals surface area contributed by atoms with Gasteiger partial charge in [-0.2, -0.15) is 0 Å². The summed E-state index contributed by atoms with van der Waals surface area (Å²) in [6.07, 6.45) is 0. The van der Waals surface area contributed by atoms with Gasteiger partial charge in [-0.1, -0.05) is 0 Å².